The molecule has 0 radical (unpaired) electrons. The number of para-hydroxylation sites is 1. The average Bonchev–Trinajstić information content (AvgIpc) is 2.40. The van der Waals surface area contributed by atoms with E-state index in [-0.39, 0.29) is 0 Å². The highest BCUT2D eigenvalue weighted by atomic mass is 35.5. The molecular formula is C15H23ClN2. The van der Waals surface area contributed by atoms with Crippen LogP contribution in [0.4, 0.5) is 5.69 Å². The van der Waals surface area contributed by atoms with Gasteiger partial charge in [0.05, 0.1) is 10.7 Å². The third-order valence-electron chi connectivity index (χ3n) is 3.48. The molecule has 0 amide bonds. The van der Waals surface area contributed by atoms with Crippen molar-refractivity contribution in [1.29, 1.82) is 0 Å². The Hall–Kier alpha value is -0.730. The lowest BCUT2D eigenvalue weighted by Gasteiger charge is -2.31. The molecule has 0 atom stereocenters. The fourth-order valence-corrected chi connectivity index (χ4v) is 2.89. The summed E-state index contributed by atoms with van der Waals surface area (Å²) < 4.78 is 0. The smallest absolute Gasteiger partial charge is 0.0642 e. The van der Waals surface area contributed by atoms with Gasteiger partial charge < -0.3 is 10.2 Å². The molecule has 0 aliphatic carbocycles. The Kier molecular flexibility index (Phi) is 5.33. The summed E-state index contributed by atoms with van der Waals surface area (Å²) in [5.41, 5.74) is 2.58. The predicted molar refractivity (Wildman–Crippen MR) is 79.5 cm³/mol. The minimum absolute atomic E-state index is 0.896. The largest absolute Gasteiger partial charge is 0.370 e. The average molecular weight is 267 g/mol. The third kappa shape index (κ3) is 3.39. The number of benzene rings is 1. The van der Waals surface area contributed by atoms with E-state index in [2.05, 4.69) is 29.3 Å². The van der Waals surface area contributed by atoms with E-state index in [4.69, 9.17) is 11.6 Å². The zero-order chi connectivity index (χ0) is 12.8. The number of hydrogen-bond donors (Lipinski definition) is 1. The Morgan fingerprint density at radius 1 is 1.22 bits per heavy atom. The Labute approximate surface area is 115 Å². The van der Waals surface area contributed by atoms with Gasteiger partial charge in [-0.25, -0.2) is 0 Å². The van der Waals surface area contributed by atoms with E-state index in [0.717, 1.165) is 31.2 Å². The highest BCUT2D eigenvalue weighted by Gasteiger charge is 2.16. The van der Waals surface area contributed by atoms with Crippen molar-refractivity contribution in [3.63, 3.8) is 0 Å². The normalized spacial score (nSPS) is 16.0. The van der Waals surface area contributed by atoms with Gasteiger partial charge in [0.1, 0.15) is 0 Å². The number of anilines is 1. The molecular weight excluding hydrogens is 244 g/mol. The third-order valence-corrected chi connectivity index (χ3v) is 3.79. The number of nitrogens with zero attached hydrogens (tertiary/aromatic N) is 1. The molecule has 1 aliphatic rings. The molecule has 1 N–H and O–H groups in total. The molecule has 0 saturated carbocycles. The molecule has 1 saturated heterocycles. The maximum Gasteiger partial charge on any atom is 0.0642 e. The van der Waals surface area contributed by atoms with Gasteiger partial charge in [-0.05, 0) is 43.9 Å². The van der Waals surface area contributed by atoms with Crippen LogP contribution in [-0.2, 0) is 6.54 Å². The molecule has 2 nitrogen and oxygen atoms in total. The Morgan fingerprint density at radius 2 is 2.00 bits per heavy atom. The summed E-state index contributed by atoms with van der Waals surface area (Å²) in [7, 11) is 0. The summed E-state index contributed by atoms with van der Waals surface area (Å²) in [6.07, 6.45) is 5.09. The molecule has 2 rings (SSSR count). The number of halogens is 1. The zero-order valence-corrected chi connectivity index (χ0v) is 12.0. The minimum Gasteiger partial charge on any atom is -0.370 e. The molecule has 0 unspecified atom stereocenters. The van der Waals surface area contributed by atoms with Gasteiger partial charge in [0.15, 0.2) is 0 Å². The molecule has 1 heterocycles. The van der Waals surface area contributed by atoms with E-state index in [1.165, 1.54) is 36.9 Å². The Bertz CT molecular complexity index is 373. The summed E-state index contributed by atoms with van der Waals surface area (Å²) in [5.74, 6) is 0. The first-order chi connectivity index (χ1) is 8.83. The van der Waals surface area contributed by atoms with Crippen LogP contribution in [0, 0.1) is 0 Å². The molecule has 0 bridgehead atoms. The molecule has 3 heteroatoms. The fraction of sp³-hybridized carbons (Fsp3) is 0.600. The van der Waals surface area contributed by atoms with Crippen LogP contribution in [0.5, 0.6) is 0 Å². The van der Waals surface area contributed by atoms with Crippen molar-refractivity contribution < 1.29 is 0 Å². The minimum atomic E-state index is 0.896. The van der Waals surface area contributed by atoms with Crippen molar-refractivity contribution in [3.8, 4) is 0 Å². The highest BCUT2D eigenvalue weighted by molar-refractivity contribution is 6.33. The lowest BCUT2D eigenvalue weighted by atomic mass is 10.1. The van der Waals surface area contributed by atoms with Crippen molar-refractivity contribution in [2.75, 3.05) is 24.5 Å². The standard InChI is InChI=1S/C15H23ClN2/c1-2-9-17-12-13-7-6-8-14(16)15(13)18-10-4-3-5-11-18/h6-8,17H,2-5,9-12H2,1H3. The molecule has 1 aliphatic heterocycles. The maximum atomic E-state index is 6.41. The lowest BCUT2D eigenvalue weighted by molar-refractivity contribution is 0.574. The van der Waals surface area contributed by atoms with Crippen LogP contribution < -0.4 is 10.2 Å². The molecule has 0 spiro atoms. The zero-order valence-electron chi connectivity index (χ0n) is 11.2. The SMILES string of the molecule is CCCNCc1cccc(Cl)c1N1CCCCC1. The second-order valence-corrected chi connectivity index (χ2v) is 5.38. The van der Waals surface area contributed by atoms with Gasteiger partial charge in [-0.1, -0.05) is 30.7 Å². The Morgan fingerprint density at radius 3 is 2.72 bits per heavy atom. The summed E-state index contributed by atoms with van der Waals surface area (Å²) in [6, 6.07) is 6.26. The molecule has 0 aromatic heterocycles. The molecule has 18 heavy (non-hydrogen) atoms. The van der Waals surface area contributed by atoms with Gasteiger partial charge in [0.2, 0.25) is 0 Å². The van der Waals surface area contributed by atoms with E-state index >= 15 is 0 Å². The van der Waals surface area contributed by atoms with Crippen LogP contribution in [0.15, 0.2) is 18.2 Å². The summed E-state index contributed by atoms with van der Waals surface area (Å²) in [5, 5.41) is 4.37. The lowest BCUT2D eigenvalue weighted by Crippen LogP contribution is -2.31. The van der Waals surface area contributed by atoms with Crippen LogP contribution in [0.3, 0.4) is 0 Å². The maximum absolute atomic E-state index is 6.41. The number of piperidine rings is 1. The number of rotatable bonds is 5. The van der Waals surface area contributed by atoms with Crippen molar-refractivity contribution in [3.05, 3.63) is 28.8 Å². The van der Waals surface area contributed by atoms with Crippen molar-refractivity contribution in [2.45, 2.75) is 39.2 Å². The van der Waals surface area contributed by atoms with E-state index in [1.54, 1.807) is 0 Å². The molecule has 1 aromatic rings. The Balaban J connectivity index is 2.14. The summed E-state index contributed by atoms with van der Waals surface area (Å²) in [6.45, 7) is 6.46. The molecule has 100 valence electrons. The summed E-state index contributed by atoms with van der Waals surface area (Å²) in [4.78, 5) is 2.45. The van der Waals surface area contributed by atoms with E-state index in [1.807, 2.05) is 6.07 Å². The van der Waals surface area contributed by atoms with Crippen molar-refractivity contribution >= 4 is 17.3 Å². The summed E-state index contributed by atoms with van der Waals surface area (Å²) >= 11 is 6.41. The van der Waals surface area contributed by atoms with Crippen LogP contribution in [-0.4, -0.2) is 19.6 Å². The first-order valence-corrected chi connectivity index (χ1v) is 7.43. The van der Waals surface area contributed by atoms with Gasteiger partial charge in [-0.3, -0.25) is 0 Å². The van der Waals surface area contributed by atoms with Crippen LogP contribution >= 0.6 is 11.6 Å². The second-order valence-electron chi connectivity index (χ2n) is 4.97. The predicted octanol–water partition coefficient (Wildman–Crippen LogP) is 3.83. The van der Waals surface area contributed by atoms with Crippen molar-refractivity contribution in [2.24, 2.45) is 0 Å². The van der Waals surface area contributed by atoms with Crippen LogP contribution in [0.2, 0.25) is 5.02 Å². The molecule has 1 fully saturated rings. The first kappa shape index (κ1) is 13.7. The second kappa shape index (κ2) is 7.01. The quantitative estimate of drug-likeness (QED) is 0.815. The van der Waals surface area contributed by atoms with Gasteiger partial charge in [0.25, 0.3) is 0 Å². The highest BCUT2D eigenvalue weighted by Crippen LogP contribution is 2.31. The van der Waals surface area contributed by atoms with E-state index in [9.17, 15) is 0 Å². The van der Waals surface area contributed by atoms with Crippen LogP contribution in [0.25, 0.3) is 0 Å². The van der Waals surface area contributed by atoms with Gasteiger partial charge >= 0.3 is 0 Å². The van der Waals surface area contributed by atoms with Gasteiger partial charge in [0, 0.05) is 19.6 Å². The first-order valence-electron chi connectivity index (χ1n) is 7.06. The number of hydrogen-bond acceptors (Lipinski definition) is 2. The monoisotopic (exact) mass is 266 g/mol. The number of nitrogens with one attached hydrogen (secondary N) is 1. The van der Waals surface area contributed by atoms with Crippen molar-refractivity contribution in [1.82, 2.24) is 5.32 Å². The van der Waals surface area contributed by atoms with E-state index in [0.29, 0.717) is 0 Å². The van der Waals surface area contributed by atoms with Gasteiger partial charge in [-0.15, -0.1) is 0 Å². The topological polar surface area (TPSA) is 15.3 Å². The van der Waals surface area contributed by atoms with Gasteiger partial charge in [-0.2, -0.15) is 0 Å². The molecule has 1 aromatic carbocycles. The fourth-order valence-electron chi connectivity index (χ4n) is 2.57. The van der Waals surface area contributed by atoms with Crippen LogP contribution in [0.1, 0.15) is 38.2 Å². The van der Waals surface area contributed by atoms with E-state index < -0.39 is 0 Å².